The SMILES string of the molecule is CCC(C)Sc1ccc(NC(=O)c2nc3nccc(C)n3n2)c(C)c1. The van der Waals surface area contributed by atoms with E-state index in [2.05, 4.69) is 40.3 Å². The van der Waals surface area contributed by atoms with Crippen LogP contribution in [0.1, 0.15) is 42.1 Å². The Balaban J connectivity index is 1.79. The molecular weight excluding hydrogens is 334 g/mol. The molecule has 0 radical (unpaired) electrons. The zero-order chi connectivity index (χ0) is 18.0. The van der Waals surface area contributed by atoms with E-state index in [1.807, 2.05) is 43.8 Å². The molecule has 1 N–H and O–H groups in total. The number of nitrogens with zero attached hydrogens (tertiary/aromatic N) is 4. The van der Waals surface area contributed by atoms with Gasteiger partial charge in [0.05, 0.1) is 0 Å². The maximum atomic E-state index is 12.5. The molecule has 0 aliphatic heterocycles. The third-order valence-electron chi connectivity index (χ3n) is 3.99. The molecule has 0 spiro atoms. The number of fused-ring (bicyclic) bond motifs is 1. The lowest BCUT2D eigenvalue weighted by Crippen LogP contribution is -2.14. The van der Waals surface area contributed by atoms with E-state index in [0.29, 0.717) is 11.0 Å². The third kappa shape index (κ3) is 3.82. The second-order valence-electron chi connectivity index (χ2n) is 6.00. The average molecular weight is 355 g/mol. The maximum absolute atomic E-state index is 12.5. The van der Waals surface area contributed by atoms with Gasteiger partial charge in [-0.05, 0) is 50.1 Å². The number of hydrogen-bond acceptors (Lipinski definition) is 5. The standard InChI is InChI=1S/C18H21N5OS/c1-5-13(4)25-14-6-7-15(11(2)10-14)20-17(24)16-21-18-19-9-8-12(3)23(18)22-16/h6-10,13H,5H2,1-4H3,(H,20,24). The zero-order valence-electron chi connectivity index (χ0n) is 14.8. The first-order valence-electron chi connectivity index (χ1n) is 8.25. The van der Waals surface area contributed by atoms with Crippen molar-refractivity contribution in [2.24, 2.45) is 0 Å². The Hall–Kier alpha value is -2.41. The average Bonchev–Trinajstić information content (AvgIpc) is 3.03. The summed E-state index contributed by atoms with van der Waals surface area (Å²) in [4.78, 5) is 22.0. The van der Waals surface area contributed by atoms with Gasteiger partial charge >= 0.3 is 0 Å². The van der Waals surface area contributed by atoms with E-state index in [-0.39, 0.29) is 11.7 Å². The number of carbonyl (C=O) groups excluding carboxylic acids is 1. The van der Waals surface area contributed by atoms with Crippen LogP contribution in [0, 0.1) is 13.8 Å². The van der Waals surface area contributed by atoms with E-state index in [1.165, 1.54) is 4.90 Å². The quantitative estimate of drug-likeness (QED) is 0.703. The van der Waals surface area contributed by atoms with Crippen LogP contribution in [0.4, 0.5) is 5.69 Å². The number of anilines is 1. The van der Waals surface area contributed by atoms with Gasteiger partial charge in [-0.1, -0.05) is 13.8 Å². The summed E-state index contributed by atoms with van der Waals surface area (Å²) in [7, 11) is 0. The molecule has 0 aliphatic rings. The molecule has 1 aromatic carbocycles. The summed E-state index contributed by atoms with van der Waals surface area (Å²) >= 11 is 1.84. The summed E-state index contributed by atoms with van der Waals surface area (Å²) in [5.41, 5.74) is 2.65. The van der Waals surface area contributed by atoms with E-state index in [0.717, 1.165) is 23.4 Å². The fraction of sp³-hybridized carbons (Fsp3) is 0.333. The van der Waals surface area contributed by atoms with Crippen LogP contribution in [-0.2, 0) is 0 Å². The van der Waals surface area contributed by atoms with Crippen molar-refractivity contribution in [1.82, 2.24) is 19.6 Å². The minimum Gasteiger partial charge on any atom is -0.319 e. The highest BCUT2D eigenvalue weighted by molar-refractivity contribution is 7.99. The van der Waals surface area contributed by atoms with Gasteiger partial charge in [-0.2, -0.15) is 4.98 Å². The number of carbonyl (C=O) groups is 1. The van der Waals surface area contributed by atoms with Gasteiger partial charge in [0.1, 0.15) is 0 Å². The molecule has 0 saturated carbocycles. The molecule has 3 aromatic rings. The lowest BCUT2D eigenvalue weighted by atomic mass is 10.2. The number of nitrogens with one attached hydrogen (secondary N) is 1. The third-order valence-corrected chi connectivity index (χ3v) is 5.25. The van der Waals surface area contributed by atoms with Gasteiger partial charge in [0.15, 0.2) is 0 Å². The summed E-state index contributed by atoms with van der Waals surface area (Å²) in [5, 5.41) is 7.69. The molecule has 25 heavy (non-hydrogen) atoms. The highest BCUT2D eigenvalue weighted by Gasteiger charge is 2.15. The first-order chi connectivity index (χ1) is 12.0. The lowest BCUT2D eigenvalue weighted by molar-refractivity contribution is 0.101. The molecule has 1 atom stereocenters. The fourth-order valence-electron chi connectivity index (χ4n) is 2.35. The molecule has 130 valence electrons. The number of aryl methyl sites for hydroxylation is 2. The summed E-state index contributed by atoms with van der Waals surface area (Å²) in [5.74, 6) is 0.191. The molecule has 0 fully saturated rings. The van der Waals surface area contributed by atoms with Crippen molar-refractivity contribution in [3.05, 3.63) is 47.5 Å². The Morgan fingerprint density at radius 2 is 2.12 bits per heavy atom. The van der Waals surface area contributed by atoms with Crippen LogP contribution < -0.4 is 5.32 Å². The number of benzene rings is 1. The fourth-order valence-corrected chi connectivity index (χ4v) is 3.37. The first kappa shape index (κ1) is 17.4. The molecule has 6 nitrogen and oxygen atoms in total. The van der Waals surface area contributed by atoms with Gasteiger partial charge in [-0.3, -0.25) is 4.79 Å². The van der Waals surface area contributed by atoms with Crippen LogP contribution >= 0.6 is 11.8 Å². The van der Waals surface area contributed by atoms with Crippen LogP contribution in [0.15, 0.2) is 35.4 Å². The monoisotopic (exact) mass is 355 g/mol. The minimum atomic E-state index is -0.338. The highest BCUT2D eigenvalue weighted by Crippen LogP contribution is 2.28. The Labute approximate surface area is 151 Å². The maximum Gasteiger partial charge on any atom is 0.295 e. The van der Waals surface area contributed by atoms with Gasteiger partial charge in [0.2, 0.25) is 5.82 Å². The molecule has 0 bridgehead atoms. The Bertz CT molecular complexity index is 921. The largest absolute Gasteiger partial charge is 0.319 e. The van der Waals surface area contributed by atoms with Crippen LogP contribution in [0.25, 0.3) is 5.78 Å². The van der Waals surface area contributed by atoms with E-state index < -0.39 is 0 Å². The molecule has 1 unspecified atom stereocenters. The molecule has 7 heteroatoms. The molecule has 3 rings (SSSR count). The zero-order valence-corrected chi connectivity index (χ0v) is 15.6. The van der Waals surface area contributed by atoms with Crippen LogP contribution in [-0.4, -0.2) is 30.7 Å². The van der Waals surface area contributed by atoms with Gasteiger partial charge in [0.25, 0.3) is 11.7 Å². The number of amides is 1. The second kappa shape index (κ2) is 7.23. The van der Waals surface area contributed by atoms with Gasteiger partial charge < -0.3 is 5.32 Å². The second-order valence-corrected chi connectivity index (χ2v) is 7.51. The molecule has 2 heterocycles. The Kier molecular flexibility index (Phi) is 5.03. The molecule has 0 aliphatic carbocycles. The van der Waals surface area contributed by atoms with Crippen molar-refractivity contribution < 1.29 is 4.79 Å². The van der Waals surface area contributed by atoms with Crippen LogP contribution in [0.3, 0.4) is 0 Å². The highest BCUT2D eigenvalue weighted by atomic mass is 32.2. The Morgan fingerprint density at radius 3 is 2.80 bits per heavy atom. The topological polar surface area (TPSA) is 72.2 Å². The van der Waals surface area contributed by atoms with E-state index in [1.54, 1.807) is 10.7 Å². The van der Waals surface area contributed by atoms with Crippen molar-refractivity contribution in [2.45, 2.75) is 44.3 Å². The van der Waals surface area contributed by atoms with E-state index in [4.69, 9.17) is 0 Å². The number of rotatable bonds is 5. The molecular formula is C18H21N5OS. The number of thioether (sulfide) groups is 1. The lowest BCUT2D eigenvalue weighted by Gasteiger charge is -2.11. The summed E-state index contributed by atoms with van der Waals surface area (Å²) < 4.78 is 1.56. The Morgan fingerprint density at radius 1 is 1.32 bits per heavy atom. The summed E-state index contributed by atoms with van der Waals surface area (Å²) in [6, 6.07) is 7.87. The van der Waals surface area contributed by atoms with Gasteiger partial charge in [-0.15, -0.1) is 16.9 Å². The number of hydrogen-bond donors (Lipinski definition) is 1. The smallest absolute Gasteiger partial charge is 0.295 e. The van der Waals surface area contributed by atoms with Gasteiger partial charge in [0, 0.05) is 27.7 Å². The summed E-state index contributed by atoms with van der Waals surface area (Å²) in [6.07, 6.45) is 2.77. The van der Waals surface area contributed by atoms with Crippen molar-refractivity contribution in [3.8, 4) is 0 Å². The predicted molar refractivity (Wildman–Crippen MR) is 100 cm³/mol. The van der Waals surface area contributed by atoms with E-state index in [9.17, 15) is 4.79 Å². The van der Waals surface area contributed by atoms with Crippen molar-refractivity contribution in [2.75, 3.05) is 5.32 Å². The van der Waals surface area contributed by atoms with Crippen LogP contribution in [0.5, 0.6) is 0 Å². The minimum absolute atomic E-state index is 0.110. The predicted octanol–water partition coefficient (Wildman–Crippen LogP) is 3.88. The van der Waals surface area contributed by atoms with Gasteiger partial charge in [-0.25, -0.2) is 9.50 Å². The molecule has 0 saturated heterocycles. The number of aromatic nitrogens is 4. The molecule has 2 aromatic heterocycles. The van der Waals surface area contributed by atoms with Crippen molar-refractivity contribution in [3.63, 3.8) is 0 Å². The van der Waals surface area contributed by atoms with Crippen LogP contribution in [0.2, 0.25) is 0 Å². The van der Waals surface area contributed by atoms with Crippen molar-refractivity contribution in [1.29, 1.82) is 0 Å². The summed E-state index contributed by atoms with van der Waals surface area (Å²) in [6.45, 7) is 8.26. The van der Waals surface area contributed by atoms with E-state index >= 15 is 0 Å². The van der Waals surface area contributed by atoms with Crippen molar-refractivity contribution >= 4 is 29.1 Å². The molecule has 1 amide bonds. The first-order valence-corrected chi connectivity index (χ1v) is 9.13. The normalized spacial score (nSPS) is 12.3.